The fourth-order valence-electron chi connectivity index (χ4n) is 5.73. The van der Waals surface area contributed by atoms with Crippen molar-refractivity contribution in [3.63, 3.8) is 0 Å². The molecule has 5 nitrogen and oxygen atoms in total. The number of carbonyl (C=O) groups excluding carboxylic acids is 1. The molecule has 0 spiro atoms. The molecule has 1 aromatic rings. The van der Waals surface area contributed by atoms with Gasteiger partial charge in [0, 0.05) is 29.8 Å². The maximum Gasteiger partial charge on any atom is 0.344 e. The Bertz CT molecular complexity index is 698. The molecule has 5 rings (SSSR count). The Labute approximate surface area is 153 Å². The summed E-state index contributed by atoms with van der Waals surface area (Å²) in [6, 6.07) is -0.158. The van der Waals surface area contributed by atoms with Crippen molar-refractivity contribution in [1.82, 2.24) is 9.88 Å². The van der Waals surface area contributed by atoms with Crippen LogP contribution in [0.25, 0.3) is 0 Å². The third-order valence-corrected chi connectivity index (χ3v) is 7.61. The lowest BCUT2D eigenvalue weighted by Crippen LogP contribution is -2.59. The second-order valence-corrected chi connectivity index (χ2v) is 9.59. The van der Waals surface area contributed by atoms with Gasteiger partial charge in [-0.1, -0.05) is 0 Å². The van der Waals surface area contributed by atoms with E-state index in [4.69, 9.17) is 4.74 Å². The third kappa shape index (κ3) is 3.31. The van der Waals surface area contributed by atoms with Gasteiger partial charge < -0.3 is 14.6 Å². The van der Waals surface area contributed by atoms with Crippen molar-refractivity contribution in [2.45, 2.75) is 64.5 Å². The van der Waals surface area contributed by atoms with Crippen molar-refractivity contribution in [3.05, 3.63) is 15.4 Å². The molecule has 0 saturated heterocycles. The SMILES string of the molecule is COCCn1c(C)c(C)s/c1=N\C(=O)NC12CC3CC(CC(C3)C1)C2. The number of hydrogen-bond donors (Lipinski definition) is 1. The highest BCUT2D eigenvalue weighted by Gasteiger charge is 2.51. The van der Waals surface area contributed by atoms with E-state index >= 15 is 0 Å². The van der Waals surface area contributed by atoms with E-state index in [9.17, 15) is 4.79 Å². The van der Waals surface area contributed by atoms with Gasteiger partial charge in [-0.25, -0.2) is 4.79 Å². The molecule has 4 fully saturated rings. The fourth-order valence-corrected chi connectivity index (χ4v) is 6.73. The number of urea groups is 1. The van der Waals surface area contributed by atoms with Crippen LogP contribution in [0.1, 0.15) is 49.1 Å². The molecule has 4 aliphatic rings. The summed E-state index contributed by atoms with van der Waals surface area (Å²) in [6.07, 6.45) is 7.62. The zero-order valence-corrected chi connectivity index (χ0v) is 16.3. The largest absolute Gasteiger partial charge is 0.383 e. The summed E-state index contributed by atoms with van der Waals surface area (Å²) in [4.78, 5) is 19.2. The molecule has 0 radical (unpaired) electrons. The summed E-state index contributed by atoms with van der Waals surface area (Å²) in [5, 5.41) is 3.34. The van der Waals surface area contributed by atoms with E-state index in [0.717, 1.165) is 48.4 Å². The predicted octanol–water partition coefficient (Wildman–Crippen LogP) is 3.39. The van der Waals surface area contributed by atoms with Crippen molar-refractivity contribution in [2.75, 3.05) is 13.7 Å². The number of thiazole rings is 1. The summed E-state index contributed by atoms with van der Waals surface area (Å²) >= 11 is 1.59. The minimum atomic E-state index is -0.158. The summed E-state index contributed by atoms with van der Waals surface area (Å²) in [5.41, 5.74) is 1.19. The number of aromatic nitrogens is 1. The lowest BCUT2D eigenvalue weighted by Gasteiger charge is -2.56. The average molecular weight is 364 g/mol. The van der Waals surface area contributed by atoms with Gasteiger partial charge in [-0.3, -0.25) is 0 Å². The fraction of sp³-hybridized carbons (Fsp3) is 0.789. The van der Waals surface area contributed by atoms with Crippen LogP contribution in [0.15, 0.2) is 4.99 Å². The molecule has 0 aromatic carbocycles. The van der Waals surface area contributed by atoms with Crippen LogP contribution in [-0.2, 0) is 11.3 Å². The van der Waals surface area contributed by atoms with Crippen LogP contribution in [0.2, 0.25) is 0 Å². The van der Waals surface area contributed by atoms with E-state index in [1.807, 2.05) is 0 Å². The number of methoxy groups -OCH3 is 1. The molecule has 4 aliphatic carbocycles. The van der Waals surface area contributed by atoms with Crippen molar-refractivity contribution in [3.8, 4) is 0 Å². The number of carbonyl (C=O) groups is 1. The van der Waals surface area contributed by atoms with Gasteiger partial charge in [0.05, 0.1) is 6.61 Å². The highest BCUT2D eigenvalue weighted by molar-refractivity contribution is 7.09. The standard InChI is InChI=1S/C19H29N3O2S/c1-12-13(2)25-18(22(12)4-5-24-3)20-17(23)21-19-9-14-6-15(10-19)8-16(7-14)11-19/h14-16H,4-11H2,1-3H3,(H,21,23)/b20-18-. The molecule has 4 bridgehead atoms. The number of ether oxygens (including phenoxy) is 1. The van der Waals surface area contributed by atoms with Gasteiger partial charge in [0.2, 0.25) is 0 Å². The van der Waals surface area contributed by atoms with E-state index in [2.05, 4.69) is 28.7 Å². The monoisotopic (exact) mass is 363 g/mol. The van der Waals surface area contributed by atoms with Crippen LogP contribution in [0.3, 0.4) is 0 Å². The molecule has 1 N–H and O–H groups in total. The maximum absolute atomic E-state index is 12.7. The molecule has 6 heteroatoms. The van der Waals surface area contributed by atoms with Gasteiger partial charge in [-0.15, -0.1) is 11.3 Å². The Hall–Kier alpha value is -1.14. The van der Waals surface area contributed by atoms with Gasteiger partial charge in [-0.2, -0.15) is 4.99 Å². The van der Waals surface area contributed by atoms with Crippen LogP contribution in [0.4, 0.5) is 4.79 Å². The van der Waals surface area contributed by atoms with E-state index in [1.165, 1.54) is 29.8 Å². The number of nitrogens with one attached hydrogen (secondary N) is 1. The van der Waals surface area contributed by atoms with E-state index < -0.39 is 0 Å². The van der Waals surface area contributed by atoms with Gasteiger partial charge in [0.1, 0.15) is 0 Å². The summed E-state index contributed by atoms with van der Waals surface area (Å²) in [7, 11) is 1.70. The molecule has 1 heterocycles. The first-order chi connectivity index (χ1) is 12.0. The molecule has 2 amide bonds. The highest BCUT2D eigenvalue weighted by Crippen LogP contribution is 2.55. The van der Waals surface area contributed by atoms with Crippen LogP contribution < -0.4 is 10.1 Å². The van der Waals surface area contributed by atoms with E-state index in [0.29, 0.717) is 6.61 Å². The first-order valence-electron chi connectivity index (χ1n) is 9.50. The van der Waals surface area contributed by atoms with Crippen LogP contribution in [0, 0.1) is 31.6 Å². The Balaban J connectivity index is 1.54. The second-order valence-electron chi connectivity index (χ2n) is 8.41. The zero-order chi connectivity index (χ0) is 17.6. The quantitative estimate of drug-likeness (QED) is 0.891. The molecule has 25 heavy (non-hydrogen) atoms. The van der Waals surface area contributed by atoms with Crippen LogP contribution in [-0.4, -0.2) is 29.9 Å². The van der Waals surface area contributed by atoms with Gasteiger partial charge in [0.25, 0.3) is 0 Å². The molecule has 4 saturated carbocycles. The highest BCUT2D eigenvalue weighted by atomic mass is 32.1. The van der Waals surface area contributed by atoms with Crippen LogP contribution >= 0.6 is 11.3 Å². The summed E-state index contributed by atoms with van der Waals surface area (Å²) < 4.78 is 7.30. The maximum atomic E-state index is 12.7. The molecule has 0 atom stereocenters. The lowest BCUT2D eigenvalue weighted by atomic mass is 9.53. The third-order valence-electron chi connectivity index (χ3n) is 6.52. The summed E-state index contributed by atoms with van der Waals surface area (Å²) in [6.45, 7) is 5.52. The lowest BCUT2D eigenvalue weighted by molar-refractivity contribution is -0.0130. The molecule has 0 unspecified atom stereocenters. The zero-order valence-electron chi connectivity index (χ0n) is 15.5. The Morgan fingerprint density at radius 1 is 1.24 bits per heavy atom. The molecule has 138 valence electrons. The Morgan fingerprint density at radius 3 is 2.40 bits per heavy atom. The topological polar surface area (TPSA) is 55.6 Å². The first-order valence-corrected chi connectivity index (χ1v) is 10.3. The van der Waals surface area contributed by atoms with Crippen molar-refractivity contribution < 1.29 is 9.53 Å². The molecular formula is C19H29N3O2S. The second kappa shape index (κ2) is 6.54. The van der Waals surface area contributed by atoms with E-state index in [-0.39, 0.29) is 11.6 Å². The normalized spacial score (nSPS) is 33.9. The first kappa shape index (κ1) is 17.3. The van der Waals surface area contributed by atoms with Crippen molar-refractivity contribution in [2.24, 2.45) is 22.7 Å². The Kier molecular flexibility index (Phi) is 4.52. The van der Waals surface area contributed by atoms with E-state index in [1.54, 1.807) is 18.4 Å². The number of rotatable bonds is 4. The van der Waals surface area contributed by atoms with Gasteiger partial charge >= 0.3 is 6.03 Å². The van der Waals surface area contributed by atoms with Crippen molar-refractivity contribution in [1.29, 1.82) is 0 Å². The molecule has 0 aliphatic heterocycles. The van der Waals surface area contributed by atoms with Crippen molar-refractivity contribution >= 4 is 17.4 Å². The number of aryl methyl sites for hydroxylation is 1. The predicted molar refractivity (Wildman–Crippen MR) is 98.7 cm³/mol. The summed E-state index contributed by atoms with van der Waals surface area (Å²) in [5.74, 6) is 2.47. The number of nitrogens with zero attached hydrogens (tertiary/aromatic N) is 2. The molecular weight excluding hydrogens is 334 g/mol. The number of amides is 2. The van der Waals surface area contributed by atoms with Crippen LogP contribution in [0.5, 0.6) is 0 Å². The number of hydrogen-bond acceptors (Lipinski definition) is 3. The molecule has 1 aromatic heterocycles. The Morgan fingerprint density at radius 2 is 1.84 bits per heavy atom. The smallest absolute Gasteiger partial charge is 0.344 e. The average Bonchev–Trinajstić information content (AvgIpc) is 2.77. The minimum Gasteiger partial charge on any atom is -0.383 e. The van der Waals surface area contributed by atoms with Gasteiger partial charge in [-0.05, 0) is 70.1 Å². The minimum absolute atomic E-state index is 0.0219. The van der Waals surface area contributed by atoms with Gasteiger partial charge in [0.15, 0.2) is 4.80 Å².